The van der Waals surface area contributed by atoms with E-state index in [1.807, 2.05) is 6.92 Å². The first-order chi connectivity index (χ1) is 9.91. The minimum absolute atomic E-state index is 0.0668. The van der Waals surface area contributed by atoms with E-state index < -0.39 is 16.0 Å². The second kappa shape index (κ2) is 7.75. The third-order valence-corrected chi connectivity index (χ3v) is 4.60. The fourth-order valence-electron chi connectivity index (χ4n) is 1.61. The third-order valence-electron chi connectivity index (χ3n) is 2.76. The zero-order valence-electron chi connectivity index (χ0n) is 12.2. The van der Waals surface area contributed by atoms with E-state index in [1.54, 1.807) is 24.3 Å². The molecule has 1 aromatic carbocycles. The topological polar surface area (TPSA) is 63.7 Å². The number of carbonyl (C=O) groups is 1. The molecule has 0 aliphatic rings. The van der Waals surface area contributed by atoms with Crippen molar-refractivity contribution in [1.29, 1.82) is 0 Å². The minimum Gasteiger partial charge on any atom is -0.466 e. The highest BCUT2D eigenvalue weighted by molar-refractivity contribution is 7.89. The second-order valence-electron chi connectivity index (χ2n) is 4.35. The molecule has 21 heavy (non-hydrogen) atoms. The van der Waals surface area contributed by atoms with Crippen molar-refractivity contribution >= 4 is 16.0 Å². The average Bonchev–Trinajstić information content (AvgIpc) is 2.46. The Bertz CT molecular complexity index is 618. The van der Waals surface area contributed by atoms with Gasteiger partial charge in [-0.2, -0.15) is 4.31 Å². The van der Waals surface area contributed by atoms with Crippen LogP contribution in [-0.2, 0) is 19.6 Å². The number of hydrogen-bond acceptors (Lipinski definition) is 4. The number of hydrogen-bond donors (Lipinski definition) is 0. The van der Waals surface area contributed by atoms with E-state index in [-0.39, 0.29) is 18.0 Å². The number of benzene rings is 1. The molecule has 6 heteroatoms. The van der Waals surface area contributed by atoms with Crippen molar-refractivity contribution in [3.05, 3.63) is 54.6 Å². The Morgan fingerprint density at radius 1 is 1.29 bits per heavy atom. The number of ether oxygens (including phenoxy) is 1. The van der Waals surface area contributed by atoms with E-state index in [9.17, 15) is 13.2 Å². The van der Waals surface area contributed by atoms with Crippen LogP contribution in [-0.4, -0.2) is 38.9 Å². The summed E-state index contributed by atoms with van der Waals surface area (Å²) in [6.45, 7) is 5.67. The molecule has 0 amide bonds. The van der Waals surface area contributed by atoms with Crippen LogP contribution < -0.4 is 0 Å². The number of nitrogens with zero attached hydrogens (tertiary/aromatic N) is 1. The van der Waals surface area contributed by atoms with Gasteiger partial charge in [-0.3, -0.25) is 0 Å². The molecule has 0 atom stereocenters. The van der Waals surface area contributed by atoms with Gasteiger partial charge in [-0.25, -0.2) is 13.2 Å². The van der Waals surface area contributed by atoms with Crippen molar-refractivity contribution in [3.8, 4) is 0 Å². The molecule has 0 aliphatic carbocycles. The summed E-state index contributed by atoms with van der Waals surface area (Å²) in [7, 11) is -2.36. The number of esters is 1. The molecule has 0 radical (unpaired) electrons. The average molecular weight is 309 g/mol. The molecular weight excluding hydrogens is 290 g/mol. The van der Waals surface area contributed by atoms with Gasteiger partial charge in [-0.05, 0) is 19.1 Å². The Balaban J connectivity index is 2.97. The Labute approximate surface area is 125 Å². The maximum Gasteiger partial charge on any atom is 0.330 e. The van der Waals surface area contributed by atoms with Crippen LogP contribution in [0.4, 0.5) is 0 Å². The van der Waals surface area contributed by atoms with Gasteiger partial charge in [0.25, 0.3) is 0 Å². The quantitative estimate of drug-likeness (QED) is 0.438. The molecule has 0 fully saturated rings. The second-order valence-corrected chi connectivity index (χ2v) is 6.29. The Kier molecular flexibility index (Phi) is 6.33. The van der Waals surface area contributed by atoms with E-state index in [1.165, 1.54) is 29.6 Å². The summed E-state index contributed by atoms with van der Waals surface area (Å²) >= 11 is 0. The SMILES string of the molecule is C=CCN(C/C=C/C(=O)OC)S(=O)(=O)c1ccc(C)cc1. The van der Waals surface area contributed by atoms with Crippen molar-refractivity contribution in [1.82, 2.24) is 4.31 Å². The predicted molar refractivity (Wildman–Crippen MR) is 81.3 cm³/mol. The largest absolute Gasteiger partial charge is 0.466 e. The highest BCUT2D eigenvalue weighted by atomic mass is 32.2. The normalized spacial score (nSPS) is 11.8. The summed E-state index contributed by atoms with van der Waals surface area (Å²) in [4.78, 5) is 11.2. The smallest absolute Gasteiger partial charge is 0.330 e. The zero-order chi connectivity index (χ0) is 15.9. The molecule has 0 saturated carbocycles. The lowest BCUT2D eigenvalue weighted by Crippen LogP contribution is -2.31. The standard InChI is InChI=1S/C15H19NO4S/c1-4-11-16(12-5-6-15(17)20-3)21(18,19)14-9-7-13(2)8-10-14/h4-10H,1,11-12H2,2-3H3/b6-5+. The van der Waals surface area contributed by atoms with Gasteiger partial charge in [0.15, 0.2) is 0 Å². The Hall–Kier alpha value is -1.92. The van der Waals surface area contributed by atoms with Gasteiger partial charge in [-0.1, -0.05) is 29.8 Å². The third kappa shape index (κ3) is 4.84. The molecule has 1 rings (SSSR count). The fraction of sp³-hybridized carbons (Fsp3) is 0.267. The number of carbonyl (C=O) groups excluding carboxylic acids is 1. The lowest BCUT2D eigenvalue weighted by atomic mass is 10.2. The van der Waals surface area contributed by atoms with Crippen molar-refractivity contribution in [2.24, 2.45) is 0 Å². The first-order valence-corrected chi connectivity index (χ1v) is 7.78. The summed E-state index contributed by atoms with van der Waals surface area (Å²) in [5.41, 5.74) is 0.981. The van der Waals surface area contributed by atoms with Gasteiger partial charge in [0.05, 0.1) is 12.0 Å². The summed E-state index contributed by atoms with van der Waals surface area (Å²) in [6.07, 6.45) is 4.14. The monoisotopic (exact) mass is 309 g/mol. The number of rotatable bonds is 7. The van der Waals surface area contributed by atoms with Crippen molar-refractivity contribution in [3.63, 3.8) is 0 Å². The van der Waals surface area contributed by atoms with Crippen LogP contribution in [0.3, 0.4) is 0 Å². The molecule has 1 aromatic rings. The van der Waals surface area contributed by atoms with Gasteiger partial charge in [-0.15, -0.1) is 6.58 Å². The maximum absolute atomic E-state index is 12.5. The molecule has 0 heterocycles. The predicted octanol–water partition coefficient (Wildman–Crippen LogP) is 1.90. The van der Waals surface area contributed by atoms with E-state index >= 15 is 0 Å². The first kappa shape index (κ1) is 17.1. The zero-order valence-corrected chi connectivity index (χ0v) is 13.0. The molecule has 0 spiro atoms. The van der Waals surface area contributed by atoms with E-state index in [4.69, 9.17) is 0 Å². The molecule has 5 nitrogen and oxygen atoms in total. The van der Waals surface area contributed by atoms with Gasteiger partial charge < -0.3 is 4.74 Å². The number of methoxy groups -OCH3 is 1. The van der Waals surface area contributed by atoms with Crippen LogP contribution in [0.15, 0.2) is 54.0 Å². The highest BCUT2D eigenvalue weighted by Gasteiger charge is 2.22. The summed E-state index contributed by atoms with van der Waals surface area (Å²) in [5, 5.41) is 0. The van der Waals surface area contributed by atoms with E-state index in [0.717, 1.165) is 5.56 Å². The lowest BCUT2D eigenvalue weighted by molar-refractivity contribution is -0.134. The van der Waals surface area contributed by atoms with Crippen molar-refractivity contribution < 1.29 is 17.9 Å². The minimum atomic E-state index is -3.63. The van der Waals surface area contributed by atoms with Crippen molar-refractivity contribution in [2.75, 3.05) is 20.2 Å². The van der Waals surface area contributed by atoms with Crippen LogP contribution >= 0.6 is 0 Å². The van der Waals surface area contributed by atoms with Crippen LogP contribution in [0.25, 0.3) is 0 Å². The van der Waals surface area contributed by atoms with Crippen LogP contribution in [0, 0.1) is 6.92 Å². The number of aryl methyl sites for hydroxylation is 1. The molecule has 0 aromatic heterocycles. The summed E-state index contributed by atoms with van der Waals surface area (Å²) < 4.78 is 30.7. The Morgan fingerprint density at radius 3 is 2.43 bits per heavy atom. The first-order valence-electron chi connectivity index (χ1n) is 6.34. The maximum atomic E-state index is 12.5. The van der Waals surface area contributed by atoms with Crippen LogP contribution in [0.1, 0.15) is 5.56 Å². The van der Waals surface area contributed by atoms with Gasteiger partial charge >= 0.3 is 5.97 Å². The highest BCUT2D eigenvalue weighted by Crippen LogP contribution is 2.16. The van der Waals surface area contributed by atoms with Gasteiger partial charge in [0.1, 0.15) is 0 Å². The van der Waals surface area contributed by atoms with E-state index in [0.29, 0.717) is 0 Å². The van der Waals surface area contributed by atoms with Crippen molar-refractivity contribution in [2.45, 2.75) is 11.8 Å². The Morgan fingerprint density at radius 2 is 1.90 bits per heavy atom. The summed E-state index contributed by atoms with van der Waals surface area (Å²) in [6, 6.07) is 6.60. The lowest BCUT2D eigenvalue weighted by Gasteiger charge is -2.19. The molecule has 114 valence electrons. The molecule has 0 saturated heterocycles. The molecule has 0 unspecified atom stereocenters. The van der Waals surface area contributed by atoms with Crippen LogP contribution in [0.5, 0.6) is 0 Å². The molecule has 0 bridgehead atoms. The molecule has 0 aliphatic heterocycles. The number of sulfonamides is 1. The van der Waals surface area contributed by atoms with E-state index in [2.05, 4.69) is 11.3 Å². The summed E-state index contributed by atoms with van der Waals surface area (Å²) in [5.74, 6) is -0.527. The molecule has 0 N–H and O–H groups in total. The van der Waals surface area contributed by atoms with Gasteiger partial charge in [0.2, 0.25) is 10.0 Å². The fourth-order valence-corrected chi connectivity index (χ4v) is 2.97. The molecular formula is C15H19NO4S. The van der Waals surface area contributed by atoms with Gasteiger partial charge in [0, 0.05) is 19.2 Å². The van der Waals surface area contributed by atoms with Crippen LogP contribution in [0.2, 0.25) is 0 Å².